The summed E-state index contributed by atoms with van der Waals surface area (Å²) in [6, 6.07) is 0. The van der Waals surface area contributed by atoms with Gasteiger partial charge in [-0.25, -0.2) is 0 Å². The smallest absolute Gasteiger partial charge is 0.0793 e. The third kappa shape index (κ3) is 0.993. The van der Waals surface area contributed by atoms with Gasteiger partial charge >= 0.3 is 0 Å². The van der Waals surface area contributed by atoms with Crippen molar-refractivity contribution in [2.75, 3.05) is 11.5 Å². The van der Waals surface area contributed by atoms with Gasteiger partial charge in [0, 0.05) is 22.0 Å². The van der Waals surface area contributed by atoms with E-state index in [1.54, 1.807) is 0 Å². The quantitative estimate of drug-likeness (QED) is 0.578. The average molecular weight is 148 g/mol. The fourth-order valence-electron chi connectivity index (χ4n) is 0.745. The maximum atomic E-state index is 9.29. The molecule has 0 aromatic carbocycles. The van der Waals surface area contributed by atoms with Gasteiger partial charge in [-0.3, -0.25) is 0 Å². The molecule has 0 saturated carbocycles. The van der Waals surface area contributed by atoms with E-state index in [2.05, 4.69) is 0 Å². The Hall–Kier alpha value is 0.660. The molecule has 8 heavy (non-hydrogen) atoms. The highest BCUT2D eigenvalue weighted by Crippen LogP contribution is 2.43. The zero-order valence-electron chi connectivity index (χ0n) is 4.41. The van der Waals surface area contributed by atoms with Crippen molar-refractivity contribution < 1.29 is 5.11 Å². The van der Waals surface area contributed by atoms with Gasteiger partial charge in [-0.05, 0) is 0 Å². The molecule has 1 N–H and O–H groups in total. The molecule has 0 aromatic heterocycles. The molecule has 2 unspecified atom stereocenters. The van der Waals surface area contributed by atoms with E-state index in [0.717, 1.165) is 0 Å². The van der Waals surface area contributed by atoms with Crippen molar-refractivity contribution in [2.45, 2.75) is 16.6 Å². The summed E-state index contributed by atoms with van der Waals surface area (Å²) in [7, 11) is 0. The van der Waals surface area contributed by atoms with Gasteiger partial charge in [0.05, 0.1) is 6.10 Å². The Morgan fingerprint density at radius 3 is 1.88 bits per heavy atom. The Bertz CT molecular complexity index is 86.6. The lowest BCUT2D eigenvalue weighted by Crippen LogP contribution is -2.19. The number of thioether (sulfide) groups is 2. The Balaban J connectivity index is 1.84. The van der Waals surface area contributed by atoms with Crippen molar-refractivity contribution in [2.24, 2.45) is 0 Å². The molecule has 2 fully saturated rings. The van der Waals surface area contributed by atoms with Gasteiger partial charge in [0.25, 0.3) is 0 Å². The number of aliphatic hydroxyl groups excluding tert-OH is 1. The van der Waals surface area contributed by atoms with Gasteiger partial charge < -0.3 is 5.11 Å². The molecule has 3 heteroatoms. The SMILES string of the molecule is OC(C1CS1)C1CS1. The van der Waals surface area contributed by atoms with Crippen LogP contribution < -0.4 is 0 Å². The van der Waals surface area contributed by atoms with E-state index < -0.39 is 0 Å². The first-order valence-electron chi connectivity index (χ1n) is 2.79. The predicted molar refractivity (Wildman–Crippen MR) is 38.5 cm³/mol. The predicted octanol–water partition coefficient (Wildman–Crippen LogP) is 0.578. The van der Waals surface area contributed by atoms with Crippen molar-refractivity contribution in [3.63, 3.8) is 0 Å². The summed E-state index contributed by atoms with van der Waals surface area (Å²) >= 11 is 3.76. The van der Waals surface area contributed by atoms with Crippen molar-refractivity contribution >= 4 is 23.5 Å². The van der Waals surface area contributed by atoms with Crippen LogP contribution in [0.25, 0.3) is 0 Å². The molecule has 0 radical (unpaired) electrons. The fourth-order valence-corrected chi connectivity index (χ4v) is 2.23. The first-order chi connectivity index (χ1) is 3.88. The highest BCUT2D eigenvalue weighted by molar-refractivity contribution is 8.08. The second kappa shape index (κ2) is 1.82. The van der Waals surface area contributed by atoms with Gasteiger partial charge in [-0.2, -0.15) is 23.5 Å². The van der Waals surface area contributed by atoms with Crippen LogP contribution in [0, 0.1) is 0 Å². The van der Waals surface area contributed by atoms with Crippen LogP contribution in [-0.4, -0.2) is 33.2 Å². The van der Waals surface area contributed by atoms with Crippen LogP contribution in [0.5, 0.6) is 0 Å². The molecule has 1 nitrogen and oxygen atoms in total. The van der Waals surface area contributed by atoms with Gasteiger partial charge in [0.1, 0.15) is 0 Å². The first-order valence-corrected chi connectivity index (χ1v) is 4.89. The minimum absolute atomic E-state index is 0.0185. The summed E-state index contributed by atoms with van der Waals surface area (Å²) < 4.78 is 0. The molecule has 2 heterocycles. The van der Waals surface area contributed by atoms with E-state index in [4.69, 9.17) is 0 Å². The van der Waals surface area contributed by atoms with Crippen LogP contribution in [0.1, 0.15) is 0 Å². The molecule has 0 aliphatic carbocycles. The van der Waals surface area contributed by atoms with Crippen LogP contribution >= 0.6 is 23.5 Å². The van der Waals surface area contributed by atoms with E-state index in [0.29, 0.717) is 10.5 Å². The molecule has 2 rings (SSSR count). The molecule has 2 atom stereocenters. The van der Waals surface area contributed by atoms with Gasteiger partial charge in [0.15, 0.2) is 0 Å². The van der Waals surface area contributed by atoms with Crippen LogP contribution in [0.3, 0.4) is 0 Å². The standard InChI is InChI=1S/C5H8OS2/c6-5(3-1-7-3)4-2-8-4/h3-6H,1-2H2. The molecular weight excluding hydrogens is 140 g/mol. The highest BCUT2D eigenvalue weighted by atomic mass is 32.2. The van der Waals surface area contributed by atoms with Crippen molar-refractivity contribution in [1.29, 1.82) is 0 Å². The maximum absolute atomic E-state index is 9.29. The van der Waals surface area contributed by atoms with Crippen molar-refractivity contribution in [3.05, 3.63) is 0 Å². The second-order valence-electron chi connectivity index (χ2n) is 2.23. The summed E-state index contributed by atoms with van der Waals surface area (Å²) in [6.07, 6.45) is 0.0185. The number of hydrogen-bond donors (Lipinski definition) is 1. The molecule has 2 aliphatic rings. The zero-order valence-corrected chi connectivity index (χ0v) is 6.04. The van der Waals surface area contributed by atoms with Gasteiger partial charge in [-0.15, -0.1) is 0 Å². The van der Waals surface area contributed by atoms with Crippen LogP contribution in [0.2, 0.25) is 0 Å². The summed E-state index contributed by atoms with van der Waals surface area (Å²) in [5.74, 6) is 2.39. The Morgan fingerprint density at radius 2 is 1.62 bits per heavy atom. The van der Waals surface area contributed by atoms with Gasteiger partial charge in [-0.1, -0.05) is 0 Å². The lowest BCUT2D eigenvalue weighted by Gasteiger charge is -2.01. The minimum Gasteiger partial charge on any atom is -0.391 e. The van der Waals surface area contributed by atoms with Gasteiger partial charge in [0.2, 0.25) is 0 Å². The summed E-state index contributed by atoms with van der Waals surface area (Å²) in [5, 5.41) is 10.5. The van der Waals surface area contributed by atoms with E-state index in [1.165, 1.54) is 11.5 Å². The molecule has 0 amide bonds. The summed E-state index contributed by atoms with van der Waals surface area (Å²) in [6.45, 7) is 0. The largest absolute Gasteiger partial charge is 0.391 e. The molecule has 0 bridgehead atoms. The molecule has 2 aliphatic heterocycles. The minimum atomic E-state index is 0.0185. The van der Waals surface area contributed by atoms with E-state index in [1.807, 2.05) is 23.5 Å². The lowest BCUT2D eigenvalue weighted by molar-refractivity contribution is 0.193. The lowest BCUT2D eigenvalue weighted by atomic mass is 10.2. The molecular formula is C5H8OS2. The van der Waals surface area contributed by atoms with Crippen molar-refractivity contribution in [1.82, 2.24) is 0 Å². The second-order valence-corrected chi connectivity index (χ2v) is 4.78. The van der Waals surface area contributed by atoms with E-state index in [9.17, 15) is 5.11 Å². The number of hydrogen-bond acceptors (Lipinski definition) is 3. The topological polar surface area (TPSA) is 20.2 Å². The first kappa shape index (κ1) is 5.45. The molecule has 0 spiro atoms. The van der Waals surface area contributed by atoms with Crippen LogP contribution in [-0.2, 0) is 0 Å². The molecule has 0 aromatic rings. The Morgan fingerprint density at radius 1 is 1.25 bits per heavy atom. The molecule has 46 valence electrons. The zero-order chi connectivity index (χ0) is 5.56. The Labute approximate surface area is 57.2 Å². The third-order valence-electron chi connectivity index (χ3n) is 1.48. The average Bonchev–Trinajstić information content (AvgIpc) is 2.63. The monoisotopic (exact) mass is 148 g/mol. The van der Waals surface area contributed by atoms with Crippen molar-refractivity contribution in [3.8, 4) is 0 Å². The highest BCUT2D eigenvalue weighted by Gasteiger charge is 2.41. The maximum Gasteiger partial charge on any atom is 0.0793 e. The number of aliphatic hydroxyl groups is 1. The summed E-state index contributed by atoms with van der Waals surface area (Å²) in [4.78, 5) is 0. The van der Waals surface area contributed by atoms with Crippen LogP contribution in [0.15, 0.2) is 0 Å². The number of rotatable bonds is 2. The summed E-state index contributed by atoms with van der Waals surface area (Å²) in [5.41, 5.74) is 0. The van der Waals surface area contributed by atoms with E-state index >= 15 is 0 Å². The van der Waals surface area contributed by atoms with Crippen LogP contribution in [0.4, 0.5) is 0 Å². The third-order valence-corrected chi connectivity index (χ3v) is 3.47. The fraction of sp³-hybridized carbons (Fsp3) is 1.00. The normalized spacial score (nSPS) is 46.1. The Kier molecular flexibility index (Phi) is 1.24. The molecule has 2 saturated heterocycles. The van der Waals surface area contributed by atoms with E-state index in [-0.39, 0.29) is 6.10 Å².